The minimum Gasteiger partial charge on any atom is -0.497 e. The van der Waals surface area contributed by atoms with Crippen molar-refractivity contribution in [2.75, 3.05) is 44.8 Å². The van der Waals surface area contributed by atoms with E-state index in [0.29, 0.717) is 23.7 Å². The highest BCUT2D eigenvalue weighted by Crippen LogP contribution is 2.31. The third kappa shape index (κ3) is 5.02. The number of aromatic amines is 1. The molecule has 0 saturated carbocycles. The topological polar surface area (TPSA) is 101 Å². The summed E-state index contributed by atoms with van der Waals surface area (Å²) in [6, 6.07) is 13.8. The number of benzene rings is 2. The predicted molar refractivity (Wildman–Crippen MR) is 149 cm³/mol. The lowest BCUT2D eigenvalue weighted by Gasteiger charge is -2.40. The van der Waals surface area contributed by atoms with Gasteiger partial charge >= 0.3 is 0 Å². The highest BCUT2D eigenvalue weighted by molar-refractivity contribution is 5.80. The maximum atomic E-state index is 13.6. The van der Waals surface area contributed by atoms with E-state index < -0.39 is 6.04 Å². The van der Waals surface area contributed by atoms with Crippen LogP contribution in [0, 0.1) is 13.8 Å². The van der Waals surface area contributed by atoms with E-state index in [9.17, 15) is 4.79 Å². The minimum atomic E-state index is -0.391. The van der Waals surface area contributed by atoms with Gasteiger partial charge in [-0.2, -0.15) is 0 Å². The Hall–Kier alpha value is -3.76. The number of tetrazole rings is 1. The van der Waals surface area contributed by atoms with Crippen molar-refractivity contribution in [2.24, 2.45) is 0 Å². The fourth-order valence-electron chi connectivity index (χ4n) is 5.84. The molecule has 0 radical (unpaired) electrons. The van der Waals surface area contributed by atoms with Crippen LogP contribution in [0.3, 0.4) is 0 Å². The third-order valence-corrected chi connectivity index (χ3v) is 8.18. The average molecular weight is 530 g/mol. The van der Waals surface area contributed by atoms with Crippen LogP contribution in [-0.4, -0.2) is 76.1 Å². The van der Waals surface area contributed by atoms with E-state index in [4.69, 9.17) is 9.47 Å². The zero-order chi connectivity index (χ0) is 26.9. The molecule has 4 heterocycles. The summed E-state index contributed by atoms with van der Waals surface area (Å²) in [6.07, 6.45) is 2.10. The molecule has 204 valence electrons. The van der Waals surface area contributed by atoms with Gasteiger partial charge in [-0.25, -0.2) is 4.68 Å². The normalized spacial score (nSPS) is 19.1. The number of aryl methyl sites for hydroxylation is 1. The van der Waals surface area contributed by atoms with Gasteiger partial charge in [-0.3, -0.25) is 9.69 Å². The number of aromatic nitrogens is 5. The lowest BCUT2D eigenvalue weighted by molar-refractivity contribution is 0.0906. The number of rotatable bonds is 7. The zero-order valence-electron chi connectivity index (χ0n) is 22.8. The largest absolute Gasteiger partial charge is 0.497 e. The van der Waals surface area contributed by atoms with Crippen LogP contribution in [0.5, 0.6) is 5.75 Å². The van der Waals surface area contributed by atoms with Gasteiger partial charge < -0.3 is 19.4 Å². The molecule has 2 aliphatic rings. The summed E-state index contributed by atoms with van der Waals surface area (Å²) in [5.74, 6) is 1.37. The van der Waals surface area contributed by atoms with Gasteiger partial charge in [0.1, 0.15) is 11.8 Å². The highest BCUT2D eigenvalue weighted by atomic mass is 16.5. The first-order valence-electron chi connectivity index (χ1n) is 13.7. The molecule has 10 heteroatoms. The summed E-state index contributed by atoms with van der Waals surface area (Å²) >= 11 is 0. The van der Waals surface area contributed by atoms with Crippen LogP contribution >= 0.6 is 0 Å². The molecule has 1 N–H and O–H groups in total. The maximum Gasteiger partial charge on any atom is 0.253 e. The first-order chi connectivity index (χ1) is 19.0. The van der Waals surface area contributed by atoms with E-state index >= 15 is 0 Å². The van der Waals surface area contributed by atoms with Crippen molar-refractivity contribution in [3.8, 4) is 5.75 Å². The summed E-state index contributed by atoms with van der Waals surface area (Å²) in [5, 5.41) is 13.8. The quantitative estimate of drug-likeness (QED) is 0.390. The molecule has 39 heavy (non-hydrogen) atoms. The van der Waals surface area contributed by atoms with E-state index in [1.165, 1.54) is 16.8 Å². The van der Waals surface area contributed by atoms with Crippen LogP contribution in [0.4, 0.5) is 5.69 Å². The summed E-state index contributed by atoms with van der Waals surface area (Å²) in [5.41, 5.74) is 5.10. The first-order valence-corrected chi connectivity index (χ1v) is 13.7. The third-order valence-electron chi connectivity index (χ3n) is 8.18. The Kier molecular flexibility index (Phi) is 7.05. The Morgan fingerprint density at radius 2 is 1.97 bits per heavy atom. The number of hydrogen-bond acceptors (Lipinski definition) is 8. The van der Waals surface area contributed by atoms with E-state index in [1.54, 1.807) is 7.11 Å². The number of anilines is 1. The Labute approximate surface area is 227 Å². The van der Waals surface area contributed by atoms with Crippen molar-refractivity contribution in [2.45, 2.75) is 45.4 Å². The molecule has 2 atom stereocenters. The second kappa shape index (κ2) is 10.8. The fraction of sp³-hybridized carbons (Fsp3) is 0.448. The van der Waals surface area contributed by atoms with Crippen molar-refractivity contribution in [3.63, 3.8) is 0 Å². The fourth-order valence-corrected chi connectivity index (χ4v) is 5.84. The second-order valence-corrected chi connectivity index (χ2v) is 10.5. The van der Waals surface area contributed by atoms with Crippen molar-refractivity contribution >= 4 is 16.6 Å². The molecular weight excluding hydrogens is 494 g/mol. The molecule has 0 spiro atoms. The summed E-state index contributed by atoms with van der Waals surface area (Å²) in [6.45, 7) is 8.90. The number of nitrogens with one attached hydrogen (secondary N) is 1. The standard InChI is InChI=1S/C29H35N7O3/c1-19-6-4-8-26(20(19)2)34-11-13-35(14-12-34)27(28-31-32-33-36(28)18-23-7-5-15-39-23)24-16-21-9-10-22(38-3)17-25(21)30-29(24)37/h4,6,8-10,16-17,23,27H,5,7,11-15,18H2,1-3H3,(H,30,37). The van der Waals surface area contributed by atoms with Gasteiger partial charge in [0, 0.05) is 50.1 Å². The molecule has 10 nitrogen and oxygen atoms in total. The van der Waals surface area contributed by atoms with E-state index in [1.807, 2.05) is 28.9 Å². The SMILES string of the molecule is COc1ccc2cc(C(c3nnnn3CC3CCCO3)N3CCN(c4cccc(C)c4C)CC3)c(=O)[nH]c2c1. The Morgan fingerprint density at radius 3 is 2.74 bits per heavy atom. The van der Waals surface area contributed by atoms with Crippen LogP contribution in [0.2, 0.25) is 0 Å². The van der Waals surface area contributed by atoms with Gasteiger partial charge in [0.2, 0.25) is 0 Å². The molecule has 6 rings (SSSR count). The van der Waals surface area contributed by atoms with Crippen molar-refractivity contribution in [1.82, 2.24) is 30.1 Å². The van der Waals surface area contributed by atoms with Gasteiger partial charge in [0.25, 0.3) is 5.56 Å². The Balaban J connectivity index is 1.36. The molecule has 2 aliphatic heterocycles. The highest BCUT2D eigenvalue weighted by Gasteiger charge is 2.34. The van der Waals surface area contributed by atoms with Gasteiger partial charge in [-0.15, -0.1) is 5.10 Å². The molecule has 2 fully saturated rings. The molecule has 2 unspecified atom stereocenters. The van der Waals surface area contributed by atoms with Gasteiger partial charge in [-0.05, 0) is 77.9 Å². The van der Waals surface area contributed by atoms with Crippen molar-refractivity contribution in [3.05, 3.63) is 75.3 Å². The Bertz CT molecular complexity index is 1520. The molecule has 2 aromatic carbocycles. The van der Waals surface area contributed by atoms with Gasteiger partial charge in [0.15, 0.2) is 5.82 Å². The molecule has 2 saturated heterocycles. The van der Waals surface area contributed by atoms with Crippen molar-refractivity contribution < 1.29 is 9.47 Å². The lowest BCUT2D eigenvalue weighted by atomic mass is 10.0. The van der Waals surface area contributed by atoms with Crippen LogP contribution in [0.25, 0.3) is 10.9 Å². The number of fused-ring (bicyclic) bond motifs is 1. The van der Waals surface area contributed by atoms with Crippen LogP contribution < -0.4 is 15.2 Å². The predicted octanol–water partition coefficient (Wildman–Crippen LogP) is 3.23. The summed E-state index contributed by atoms with van der Waals surface area (Å²) in [4.78, 5) is 21.4. The van der Waals surface area contributed by atoms with Crippen LogP contribution in [-0.2, 0) is 11.3 Å². The number of methoxy groups -OCH3 is 1. The minimum absolute atomic E-state index is 0.0800. The maximum absolute atomic E-state index is 13.6. The number of piperazine rings is 1. The second-order valence-electron chi connectivity index (χ2n) is 10.5. The van der Waals surface area contributed by atoms with E-state index in [0.717, 1.165) is 56.5 Å². The molecule has 0 amide bonds. The van der Waals surface area contributed by atoms with Crippen LogP contribution in [0.1, 0.15) is 41.4 Å². The summed E-state index contributed by atoms with van der Waals surface area (Å²) in [7, 11) is 1.62. The average Bonchev–Trinajstić information content (AvgIpc) is 3.64. The smallest absolute Gasteiger partial charge is 0.253 e. The molecule has 2 aromatic heterocycles. The summed E-state index contributed by atoms with van der Waals surface area (Å²) < 4.78 is 13.1. The van der Waals surface area contributed by atoms with Crippen molar-refractivity contribution in [1.29, 1.82) is 0 Å². The molecule has 4 aromatic rings. The lowest BCUT2D eigenvalue weighted by Crippen LogP contribution is -2.49. The van der Waals surface area contributed by atoms with Gasteiger partial charge in [0.05, 0.1) is 25.3 Å². The first kappa shape index (κ1) is 25.5. The Morgan fingerprint density at radius 1 is 1.13 bits per heavy atom. The zero-order valence-corrected chi connectivity index (χ0v) is 22.8. The molecular formula is C29H35N7O3. The van der Waals surface area contributed by atoms with Crippen LogP contribution in [0.15, 0.2) is 47.3 Å². The number of nitrogens with zero attached hydrogens (tertiary/aromatic N) is 6. The molecule has 0 aliphatic carbocycles. The monoisotopic (exact) mass is 529 g/mol. The number of H-pyrrole nitrogens is 1. The number of hydrogen-bond donors (Lipinski definition) is 1. The molecule has 0 bridgehead atoms. The van der Waals surface area contributed by atoms with Gasteiger partial charge in [-0.1, -0.05) is 12.1 Å². The van der Waals surface area contributed by atoms with E-state index in [-0.39, 0.29) is 11.7 Å². The number of pyridine rings is 1. The number of ether oxygens (including phenoxy) is 2. The van der Waals surface area contributed by atoms with E-state index in [2.05, 4.69) is 62.4 Å².